The number of hydrogen-bond acceptors (Lipinski definition) is 5. The third-order valence-corrected chi connectivity index (χ3v) is 6.54. The van der Waals surface area contributed by atoms with E-state index in [0.29, 0.717) is 5.82 Å². The molecule has 0 saturated heterocycles. The largest absolute Gasteiger partial charge is 0.334 e. The zero-order valence-corrected chi connectivity index (χ0v) is 16.8. The first-order valence-corrected chi connectivity index (χ1v) is 10.5. The highest BCUT2D eigenvalue weighted by molar-refractivity contribution is 7.89. The minimum absolute atomic E-state index is 0.00492. The third kappa shape index (κ3) is 3.24. The van der Waals surface area contributed by atoms with Gasteiger partial charge in [0.1, 0.15) is 17.2 Å². The van der Waals surface area contributed by atoms with Gasteiger partial charge in [-0.2, -0.15) is 4.98 Å². The average molecular weight is 419 g/mol. The highest BCUT2D eigenvalue weighted by atomic mass is 32.2. The maximum absolute atomic E-state index is 14.4. The Morgan fingerprint density at radius 3 is 2.34 bits per heavy atom. The van der Waals surface area contributed by atoms with E-state index in [-0.39, 0.29) is 39.2 Å². The van der Waals surface area contributed by atoms with Gasteiger partial charge < -0.3 is 4.52 Å². The molecule has 3 aromatic rings. The molecule has 29 heavy (non-hydrogen) atoms. The van der Waals surface area contributed by atoms with Gasteiger partial charge in [0, 0.05) is 11.8 Å². The van der Waals surface area contributed by atoms with Gasteiger partial charge in [-0.25, -0.2) is 22.3 Å². The Hall–Kier alpha value is -2.65. The fraction of sp³-hybridized carbons (Fsp3) is 0.300. The second kappa shape index (κ2) is 6.43. The minimum atomic E-state index is -3.77. The van der Waals surface area contributed by atoms with Crippen LogP contribution in [0.2, 0.25) is 0 Å². The van der Waals surface area contributed by atoms with Crippen molar-refractivity contribution in [2.45, 2.75) is 37.5 Å². The number of hydrogen-bond donors (Lipinski definition) is 1. The van der Waals surface area contributed by atoms with Crippen molar-refractivity contribution in [3.8, 4) is 11.5 Å². The summed E-state index contributed by atoms with van der Waals surface area (Å²) in [7, 11) is -3.77. The van der Waals surface area contributed by atoms with E-state index >= 15 is 0 Å². The lowest BCUT2D eigenvalue weighted by Gasteiger charge is -2.04. The number of aryl methyl sites for hydroxylation is 1. The Morgan fingerprint density at radius 1 is 1.07 bits per heavy atom. The second-order valence-electron chi connectivity index (χ2n) is 7.90. The molecule has 1 heterocycles. The van der Waals surface area contributed by atoms with Gasteiger partial charge in [-0.15, -0.1) is 0 Å². The van der Waals surface area contributed by atoms with E-state index in [4.69, 9.17) is 9.66 Å². The molecule has 4 rings (SSSR count). The van der Waals surface area contributed by atoms with Gasteiger partial charge in [0.25, 0.3) is 5.89 Å². The van der Waals surface area contributed by atoms with Gasteiger partial charge in [0.2, 0.25) is 10.0 Å². The lowest BCUT2D eigenvalue weighted by molar-refractivity contribution is 0.414. The summed E-state index contributed by atoms with van der Waals surface area (Å²) in [6.07, 6.45) is 0. The van der Waals surface area contributed by atoms with E-state index in [1.54, 1.807) is 12.1 Å². The predicted molar refractivity (Wildman–Crippen MR) is 101 cm³/mol. The van der Waals surface area contributed by atoms with Crippen LogP contribution < -0.4 is 5.14 Å². The Morgan fingerprint density at radius 2 is 1.72 bits per heavy atom. The molecule has 6 nitrogen and oxygen atoms in total. The minimum Gasteiger partial charge on any atom is -0.334 e. The predicted octanol–water partition coefficient (Wildman–Crippen LogP) is 3.88. The van der Waals surface area contributed by atoms with Crippen LogP contribution in [0.1, 0.15) is 42.6 Å². The van der Waals surface area contributed by atoms with Crippen LogP contribution in [0, 0.1) is 24.0 Å². The highest BCUT2D eigenvalue weighted by Crippen LogP contribution is 2.69. The lowest BCUT2D eigenvalue weighted by atomic mass is 10.0. The van der Waals surface area contributed by atoms with Crippen molar-refractivity contribution in [3.63, 3.8) is 0 Å². The Kier molecular flexibility index (Phi) is 4.36. The Bertz CT molecular complexity index is 1200. The smallest absolute Gasteiger partial charge is 0.263 e. The number of halogens is 2. The maximum Gasteiger partial charge on any atom is 0.263 e. The molecule has 1 fully saturated rings. The molecule has 2 atom stereocenters. The molecule has 2 N–H and O–H groups in total. The molecule has 9 heteroatoms. The van der Waals surface area contributed by atoms with Crippen LogP contribution in [-0.2, 0) is 10.0 Å². The molecular weight excluding hydrogens is 400 g/mol. The monoisotopic (exact) mass is 419 g/mol. The van der Waals surface area contributed by atoms with E-state index in [1.807, 2.05) is 13.8 Å². The average Bonchev–Trinajstić information content (AvgIpc) is 2.98. The first-order valence-electron chi connectivity index (χ1n) is 8.93. The number of aromatic nitrogens is 2. The Labute approximate surface area is 166 Å². The number of sulfonamides is 1. The fourth-order valence-electron chi connectivity index (χ4n) is 3.92. The SMILES string of the molecule is Cc1ccc(F)c(-c2nc([C@H]3[C@H](c4ccc(S(N)(=O)=O)cc4)C3(C)C)no2)c1F. The molecule has 0 unspecified atom stereocenters. The first-order chi connectivity index (χ1) is 13.5. The maximum atomic E-state index is 14.4. The van der Waals surface area contributed by atoms with E-state index in [1.165, 1.54) is 25.1 Å². The van der Waals surface area contributed by atoms with Gasteiger partial charge in [-0.3, -0.25) is 0 Å². The number of nitrogens with zero attached hydrogens (tertiary/aromatic N) is 2. The molecule has 0 bridgehead atoms. The number of benzene rings is 2. The summed E-state index contributed by atoms with van der Waals surface area (Å²) in [6, 6.07) is 8.82. The molecule has 1 aromatic heterocycles. The van der Waals surface area contributed by atoms with Crippen molar-refractivity contribution in [1.29, 1.82) is 0 Å². The summed E-state index contributed by atoms with van der Waals surface area (Å²) in [5.74, 6) is -1.50. The number of nitrogens with two attached hydrogens (primary N) is 1. The van der Waals surface area contributed by atoms with E-state index < -0.39 is 21.7 Å². The van der Waals surface area contributed by atoms with Crippen LogP contribution in [-0.4, -0.2) is 18.6 Å². The van der Waals surface area contributed by atoms with Gasteiger partial charge in [0.15, 0.2) is 5.82 Å². The van der Waals surface area contributed by atoms with Crippen LogP contribution in [0.25, 0.3) is 11.5 Å². The summed E-state index contributed by atoms with van der Waals surface area (Å²) in [4.78, 5) is 4.29. The van der Waals surface area contributed by atoms with E-state index in [9.17, 15) is 17.2 Å². The van der Waals surface area contributed by atoms with Gasteiger partial charge in [-0.05, 0) is 41.7 Å². The number of rotatable bonds is 4. The Balaban J connectivity index is 1.66. The summed E-state index contributed by atoms with van der Waals surface area (Å²) >= 11 is 0. The van der Waals surface area contributed by atoms with Crippen molar-refractivity contribution < 1.29 is 21.7 Å². The zero-order chi connectivity index (χ0) is 21.1. The molecule has 0 aliphatic heterocycles. The van der Waals surface area contributed by atoms with Gasteiger partial charge in [-0.1, -0.05) is 37.2 Å². The van der Waals surface area contributed by atoms with Crippen LogP contribution in [0.15, 0.2) is 45.8 Å². The molecular formula is C20H19F2N3O3S. The van der Waals surface area contributed by atoms with Crippen LogP contribution in [0.4, 0.5) is 8.78 Å². The van der Waals surface area contributed by atoms with Crippen molar-refractivity contribution in [2.24, 2.45) is 10.6 Å². The summed E-state index contributed by atoms with van der Waals surface area (Å²) < 4.78 is 56.6. The molecule has 2 aromatic carbocycles. The first kappa shape index (κ1) is 19.7. The molecule has 1 aliphatic carbocycles. The molecule has 152 valence electrons. The summed E-state index contributed by atoms with van der Waals surface area (Å²) in [6.45, 7) is 5.56. The summed E-state index contributed by atoms with van der Waals surface area (Å²) in [5, 5.41) is 9.10. The second-order valence-corrected chi connectivity index (χ2v) is 9.46. The van der Waals surface area contributed by atoms with E-state index in [0.717, 1.165) is 11.6 Å². The topological polar surface area (TPSA) is 99.1 Å². The summed E-state index contributed by atoms with van der Waals surface area (Å²) in [5.41, 5.74) is 0.595. The highest BCUT2D eigenvalue weighted by Gasteiger charge is 2.61. The fourth-order valence-corrected chi connectivity index (χ4v) is 4.44. The van der Waals surface area contributed by atoms with Gasteiger partial charge >= 0.3 is 0 Å². The van der Waals surface area contributed by atoms with Crippen molar-refractivity contribution in [3.05, 3.63) is 65.0 Å². The van der Waals surface area contributed by atoms with E-state index in [2.05, 4.69) is 10.1 Å². The standard InChI is InChI=1S/C20H19F2N3O3S/c1-10-4-9-13(21)14(17(10)22)19-24-18(25-28-19)16-15(20(16,2)3)11-5-7-12(8-6-11)29(23,26)27/h4-9,15-16H,1-3H3,(H2,23,26,27)/t15-,16+/m0/s1. The molecule has 1 aliphatic rings. The van der Waals surface area contributed by atoms with Crippen molar-refractivity contribution >= 4 is 10.0 Å². The molecule has 0 radical (unpaired) electrons. The quantitative estimate of drug-likeness (QED) is 0.692. The lowest BCUT2D eigenvalue weighted by Crippen LogP contribution is -2.11. The van der Waals surface area contributed by atoms with Crippen LogP contribution in [0.5, 0.6) is 0 Å². The van der Waals surface area contributed by atoms with Crippen LogP contribution >= 0.6 is 0 Å². The molecule has 1 saturated carbocycles. The number of primary sulfonamides is 1. The third-order valence-electron chi connectivity index (χ3n) is 5.61. The normalized spacial score (nSPS) is 20.6. The molecule has 0 amide bonds. The van der Waals surface area contributed by atoms with Crippen LogP contribution in [0.3, 0.4) is 0 Å². The van der Waals surface area contributed by atoms with Crippen molar-refractivity contribution in [1.82, 2.24) is 10.1 Å². The zero-order valence-electron chi connectivity index (χ0n) is 16.0. The van der Waals surface area contributed by atoms with Crippen molar-refractivity contribution in [2.75, 3.05) is 0 Å². The molecule has 0 spiro atoms. The van der Waals surface area contributed by atoms with Gasteiger partial charge in [0.05, 0.1) is 4.90 Å².